The summed E-state index contributed by atoms with van der Waals surface area (Å²) in [6.07, 6.45) is -6.56. The molecule has 3 aromatic rings. The molecule has 42 heavy (non-hydrogen) atoms. The minimum Gasteiger partial charge on any atom is -0.388 e. The zero-order valence-electron chi connectivity index (χ0n) is 22.1. The van der Waals surface area contributed by atoms with Crippen molar-refractivity contribution >= 4 is 17.5 Å². The van der Waals surface area contributed by atoms with Gasteiger partial charge in [0.25, 0.3) is 5.91 Å². The number of rotatable bonds is 6. The predicted octanol–water partition coefficient (Wildman–Crippen LogP) is 5.14. The van der Waals surface area contributed by atoms with E-state index in [0.29, 0.717) is 43.8 Å². The van der Waals surface area contributed by atoms with Crippen LogP contribution in [-0.2, 0) is 10.9 Å². The summed E-state index contributed by atoms with van der Waals surface area (Å²) in [4.78, 5) is 28.5. The number of carbonyl (C=O) groups is 1. The van der Waals surface area contributed by atoms with E-state index in [2.05, 4.69) is 29.9 Å². The number of ether oxygens (including phenoxy) is 2. The van der Waals surface area contributed by atoms with Crippen LogP contribution in [0, 0.1) is 0 Å². The molecule has 1 N–H and O–H groups in total. The summed E-state index contributed by atoms with van der Waals surface area (Å²) in [5.41, 5.74) is -1.10. The standard InChI is InChI=1S/C27H26F6N6O3/c28-26(29,30)21-15-35-25(37-23(21)18-5-8-22(34-14-18)42-27(31,32)33)36-19-6-3-17(4-7-19)24(40)39-9-1-2-20(16-39)38-10-12-41-13-11-38/h3-8,14-15,20H,1-2,9-13,16H2,(H,35,36,37). The second kappa shape index (κ2) is 12.1. The fourth-order valence-corrected chi connectivity index (χ4v) is 4.96. The quantitative estimate of drug-likeness (QED) is 0.392. The Kier molecular flexibility index (Phi) is 8.50. The summed E-state index contributed by atoms with van der Waals surface area (Å²) < 4.78 is 87.4. The number of aromatic nitrogens is 3. The van der Waals surface area contributed by atoms with Gasteiger partial charge in [0.05, 0.1) is 18.9 Å². The van der Waals surface area contributed by atoms with Crippen molar-refractivity contribution in [2.45, 2.75) is 31.4 Å². The molecule has 2 aliphatic rings. The first kappa shape index (κ1) is 29.5. The van der Waals surface area contributed by atoms with E-state index in [4.69, 9.17) is 4.74 Å². The first-order valence-corrected chi connectivity index (χ1v) is 13.1. The van der Waals surface area contributed by atoms with Gasteiger partial charge in [-0.2, -0.15) is 13.2 Å². The Morgan fingerprint density at radius 3 is 2.33 bits per heavy atom. The molecule has 9 nitrogen and oxygen atoms in total. The van der Waals surface area contributed by atoms with Gasteiger partial charge in [0.2, 0.25) is 11.8 Å². The number of halogens is 6. The lowest BCUT2D eigenvalue weighted by molar-refractivity contribution is -0.276. The number of carbonyl (C=O) groups excluding carboxylic acids is 1. The number of likely N-dealkylation sites (tertiary alicyclic amines) is 1. The van der Waals surface area contributed by atoms with Crippen LogP contribution in [0.15, 0.2) is 48.8 Å². The predicted molar refractivity (Wildman–Crippen MR) is 138 cm³/mol. The summed E-state index contributed by atoms with van der Waals surface area (Å²) in [6, 6.07) is 8.44. The van der Waals surface area contributed by atoms with E-state index in [1.807, 2.05) is 4.90 Å². The van der Waals surface area contributed by atoms with Gasteiger partial charge in [0.15, 0.2) is 0 Å². The summed E-state index contributed by atoms with van der Waals surface area (Å²) in [5.74, 6) is -1.14. The highest BCUT2D eigenvalue weighted by Crippen LogP contribution is 2.36. The van der Waals surface area contributed by atoms with Crippen molar-refractivity contribution in [3.05, 3.63) is 59.9 Å². The van der Waals surface area contributed by atoms with Gasteiger partial charge in [-0.1, -0.05) is 0 Å². The molecule has 2 aliphatic heterocycles. The molecule has 15 heteroatoms. The number of benzene rings is 1. The Morgan fingerprint density at radius 1 is 0.952 bits per heavy atom. The van der Waals surface area contributed by atoms with Gasteiger partial charge in [0.1, 0.15) is 5.56 Å². The zero-order valence-corrected chi connectivity index (χ0v) is 22.1. The van der Waals surface area contributed by atoms with Crippen molar-refractivity contribution in [1.29, 1.82) is 0 Å². The SMILES string of the molecule is O=C(c1ccc(Nc2ncc(C(F)(F)F)c(-c3ccc(OC(F)(F)F)nc3)n2)cc1)N1CCCC(N2CCOCC2)C1. The lowest BCUT2D eigenvalue weighted by Gasteiger charge is -2.40. The topological polar surface area (TPSA) is 92.7 Å². The Hall–Kier alpha value is -3.98. The van der Waals surface area contributed by atoms with Crippen LogP contribution in [0.25, 0.3) is 11.3 Å². The number of nitrogens with one attached hydrogen (secondary N) is 1. The Balaban J connectivity index is 1.29. The molecule has 5 rings (SSSR count). The molecular formula is C27H26F6N6O3. The minimum atomic E-state index is -5.00. The lowest BCUT2D eigenvalue weighted by Crippen LogP contribution is -2.52. The van der Waals surface area contributed by atoms with Crippen molar-refractivity contribution in [2.24, 2.45) is 0 Å². The first-order valence-electron chi connectivity index (χ1n) is 13.1. The van der Waals surface area contributed by atoms with E-state index in [1.54, 1.807) is 24.3 Å². The molecular weight excluding hydrogens is 570 g/mol. The molecule has 1 unspecified atom stereocenters. The van der Waals surface area contributed by atoms with Crippen molar-refractivity contribution in [3.63, 3.8) is 0 Å². The van der Waals surface area contributed by atoms with Crippen LogP contribution in [0.5, 0.6) is 5.88 Å². The highest BCUT2D eigenvalue weighted by Gasteiger charge is 2.36. The number of hydrogen-bond acceptors (Lipinski definition) is 8. The fourth-order valence-electron chi connectivity index (χ4n) is 4.96. The van der Waals surface area contributed by atoms with E-state index < -0.39 is 29.7 Å². The van der Waals surface area contributed by atoms with Gasteiger partial charge in [-0.25, -0.2) is 15.0 Å². The molecule has 2 aromatic heterocycles. The second-order valence-corrected chi connectivity index (χ2v) is 9.78. The van der Waals surface area contributed by atoms with Crippen molar-refractivity contribution in [2.75, 3.05) is 44.7 Å². The van der Waals surface area contributed by atoms with E-state index in [0.717, 1.165) is 44.3 Å². The largest absolute Gasteiger partial charge is 0.574 e. The molecule has 4 heterocycles. The third-order valence-corrected chi connectivity index (χ3v) is 6.96. The first-order chi connectivity index (χ1) is 20.0. The van der Waals surface area contributed by atoms with Gasteiger partial charge in [-0.3, -0.25) is 9.69 Å². The molecule has 0 radical (unpaired) electrons. The maximum atomic E-state index is 13.7. The van der Waals surface area contributed by atoms with E-state index in [1.165, 1.54) is 0 Å². The third-order valence-electron chi connectivity index (χ3n) is 6.96. The molecule has 2 saturated heterocycles. The molecule has 2 fully saturated rings. The summed E-state index contributed by atoms with van der Waals surface area (Å²) in [7, 11) is 0. The second-order valence-electron chi connectivity index (χ2n) is 9.78. The van der Waals surface area contributed by atoms with Crippen LogP contribution in [0.2, 0.25) is 0 Å². The average molecular weight is 597 g/mol. The van der Waals surface area contributed by atoms with Gasteiger partial charge in [-0.05, 0) is 43.2 Å². The van der Waals surface area contributed by atoms with Crippen LogP contribution in [0.4, 0.5) is 38.0 Å². The maximum Gasteiger partial charge on any atom is 0.574 e. The Morgan fingerprint density at radius 2 is 1.69 bits per heavy atom. The molecule has 1 amide bonds. The van der Waals surface area contributed by atoms with E-state index >= 15 is 0 Å². The molecule has 1 aromatic carbocycles. The van der Waals surface area contributed by atoms with Crippen molar-refractivity contribution in [3.8, 4) is 17.1 Å². The lowest BCUT2D eigenvalue weighted by atomic mass is 10.0. The number of hydrogen-bond donors (Lipinski definition) is 1. The monoisotopic (exact) mass is 596 g/mol. The minimum absolute atomic E-state index is 0.113. The zero-order chi connectivity index (χ0) is 29.9. The molecule has 0 spiro atoms. The summed E-state index contributed by atoms with van der Waals surface area (Å²) in [6.45, 7) is 4.33. The number of alkyl halides is 6. The smallest absolute Gasteiger partial charge is 0.388 e. The summed E-state index contributed by atoms with van der Waals surface area (Å²) >= 11 is 0. The molecule has 0 saturated carbocycles. The Bertz CT molecular complexity index is 1380. The highest BCUT2D eigenvalue weighted by molar-refractivity contribution is 5.94. The maximum absolute atomic E-state index is 13.7. The Labute approximate surface area is 236 Å². The highest BCUT2D eigenvalue weighted by atomic mass is 19.4. The van der Waals surface area contributed by atoms with Gasteiger partial charge >= 0.3 is 12.5 Å². The molecule has 1 atom stereocenters. The van der Waals surface area contributed by atoms with Crippen LogP contribution < -0.4 is 10.1 Å². The van der Waals surface area contributed by atoms with Gasteiger partial charge < -0.3 is 19.7 Å². The normalized spacial score (nSPS) is 18.5. The number of piperidine rings is 1. The molecule has 0 aliphatic carbocycles. The van der Waals surface area contributed by atoms with Crippen molar-refractivity contribution < 1.29 is 40.6 Å². The van der Waals surface area contributed by atoms with Gasteiger partial charge in [-0.15, -0.1) is 13.2 Å². The van der Waals surface area contributed by atoms with E-state index in [-0.39, 0.29) is 23.5 Å². The number of nitrogens with zero attached hydrogens (tertiary/aromatic N) is 5. The number of amides is 1. The number of anilines is 2. The summed E-state index contributed by atoms with van der Waals surface area (Å²) in [5, 5.41) is 2.80. The number of pyridine rings is 1. The van der Waals surface area contributed by atoms with Gasteiger partial charge in [0, 0.05) is 67.5 Å². The number of morpholine rings is 1. The molecule has 0 bridgehead atoms. The molecule has 224 valence electrons. The van der Waals surface area contributed by atoms with Crippen LogP contribution in [-0.4, -0.2) is 82.5 Å². The van der Waals surface area contributed by atoms with E-state index in [9.17, 15) is 31.1 Å². The fraction of sp³-hybridized carbons (Fsp3) is 0.407. The third kappa shape index (κ3) is 7.26. The van der Waals surface area contributed by atoms with Crippen LogP contribution in [0.3, 0.4) is 0 Å². The van der Waals surface area contributed by atoms with Crippen LogP contribution in [0.1, 0.15) is 28.8 Å². The average Bonchev–Trinajstić information content (AvgIpc) is 2.97. The van der Waals surface area contributed by atoms with Crippen LogP contribution >= 0.6 is 0 Å². The van der Waals surface area contributed by atoms with Crippen molar-refractivity contribution in [1.82, 2.24) is 24.8 Å².